The number of unbranched alkanes of at least 4 members (excludes halogenated alkanes) is 2. The van der Waals surface area contributed by atoms with Crippen molar-refractivity contribution in [3.05, 3.63) is 71.9 Å². The van der Waals surface area contributed by atoms with E-state index < -0.39 is 0 Å². The Hall–Kier alpha value is -3.05. The molecule has 27 heavy (non-hydrogen) atoms. The van der Waals surface area contributed by atoms with Crippen LogP contribution >= 0.6 is 0 Å². The lowest BCUT2D eigenvalue weighted by molar-refractivity contribution is -0.671. The van der Waals surface area contributed by atoms with Crippen molar-refractivity contribution in [2.24, 2.45) is 0 Å². The molecule has 0 bridgehead atoms. The van der Waals surface area contributed by atoms with E-state index in [2.05, 4.69) is 102 Å². The molecule has 136 valence electrons. The van der Waals surface area contributed by atoms with Gasteiger partial charge in [-0.2, -0.15) is 4.57 Å². The second-order valence-electron chi connectivity index (χ2n) is 6.96. The molecule has 0 saturated heterocycles. The van der Waals surface area contributed by atoms with Gasteiger partial charge in [-0.25, -0.2) is 0 Å². The molecule has 3 aromatic rings. The number of benzene rings is 2. The fourth-order valence-electron chi connectivity index (χ4n) is 3.23. The van der Waals surface area contributed by atoms with E-state index >= 15 is 0 Å². The third kappa shape index (κ3) is 4.77. The molecule has 0 radical (unpaired) electrons. The van der Waals surface area contributed by atoms with Crippen molar-refractivity contribution in [2.75, 3.05) is 19.0 Å². The molecule has 2 nitrogen and oxygen atoms in total. The Morgan fingerprint density at radius 3 is 2.48 bits per heavy atom. The largest absolute Gasteiger partial charge is 0.378 e. The summed E-state index contributed by atoms with van der Waals surface area (Å²) in [4.78, 5) is 2.11. The van der Waals surface area contributed by atoms with E-state index in [4.69, 9.17) is 6.42 Å². The number of rotatable bonds is 7. The minimum atomic E-state index is 0.853. The molecule has 0 unspecified atom stereocenters. The number of para-hydroxylation sites is 1. The summed E-state index contributed by atoms with van der Waals surface area (Å²) in [6.45, 7) is 0.998. The predicted octanol–water partition coefficient (Wildman–Crippen LogP) is 5.17. The number of anilines is 1. The van der Waals surface area contributed by atoms with Crippen LogP contribution in [0.4, 0.5) is 5.69 Å². The van der Waals surface area contributed by atoms with Crippen LogP contribution < -0.4 is 9.47 Å². The van der Waals surface area contributed by atoms with Crippen molar-refractivity contribution in [1.29, 1.82) is 0 Å². The van der Waals surface area contributed by atoms with Crippen molar-refractivity contribution < 1.29 is 4.57 Å². The van der Waals surface area contributed by atoms with Crippen molar-refractivity contribution in [2.45, 2.75) is 25.8 Å². The van der Waals surface area contributed by atoms with Crippen LogP contribution in [0, 0.1) is 12.3 Å². The molecule has 1 heterocycles. The van der Waals surface area contributed by atoms with Crippen LogP contribution in [-0.4, -0.2) is 14.1 Å². The van der Waals surface area contributed by atoms with Crippen molar-refractivity contribution in [3.63, 3.8) is 0 Å². The number of pyridine rings is 1. The number of hydrogen-bond acceptors (Lipinski definition) is 1. The van der Waals surface area contributed by atoms with Gasteiger partial charge in [-0.15, -0.1) is 12.3 Å². The molecule has 0 amide bonds. The second kappa shape index (κ2) is 9.05. The molecule has 0 spiro atoms. The molecule has 2 aromatic carbocycles. The fraction of sp³-hybridized carbons (Fsp3) is 0.240. The Morgan fingerprint density at radius 1 is 0.963 bits per heavy atom. The van der Waals surface area contributed by atoms with Gasteiger partial charge in [0.2, 0.25) is 5.52 Å². The van der Waals surface area contributed by atoms with Gasteiger partial charge in [-0.1, -0.05) is 36.4 Å². The molecule has 0 fully saturated rings. The smallest absolute Gasteiger partial charge is 0.213 e. The highest BCUT2D eigenvalue weighted by Crippen LogP contribution is 2.19. The number of aryl methyl sites for hydroxylation is 1. The number of fused-ring (bicyclic) bond motifs is 1. The van der Waals surface area contributed by atoms with Crippen LogP contribution in [0.25, 0.3) is 23.1 Å². The molecular weight excluding hydrogens is 328 g/mol. The van der Waals surface area contributed by atoms with Crippen molar-refractivity contribution in [3.8, 4) is 12.3 Å². The normalized spacial score (nSPS) is 11.0. The van der Waals surface area contributed by atoms with E-state index in [1.165, 1.54) is 27.7 Å². The van der Waals surface area contributed by atoms with Gasteiger partial charge in [0.15, 0.2) is 6.20 Å². The van der Waals surface area contributed by atoms with Crippen LogP contribution in [0.5, 0.6) is 0 Å². The lowest BCUT2D eigenvalue weighted by atomic mass is 10.1. The van der Waals surface area contributed by atoms with Crippen molar-refractivity contribution >= 4 is 28.7 Å². The summed E-state index contributed by atoms with van der Waals surface area (Å²) in [5.41, 5.74) is 4.92. The molecule has 1 aromatic heterocycles. The van der Waals surface area contributed by atoms with E-state index in [0.29, 0.717) is 0 Å². The predicted molar refractivity (Wildman–Crippen MR) is 117 cm³/mol. The number of nitrogens with zero attached hydrogens (tertiary/aromatic N) is 2. The lowest BCUT2D eigenvalue weighted by Crippen LogP contribution is -2.34. The first kappa shape index (κ1) is 18.7. The lowest BCUT2D eigenvalue weighted by Gasteiger charge is -2.11. The van der Waals surface area contributed by atoms with Crippen LogP contribution in [0.2, 0.25) is 0 Å². The van der Waals surface area contributed by atoms with Gasteiger partial charge in [-0.3, -0.25) is 0 Å². The van der Waals surface area contributed by atoms with Crippen LogP contribution in [0.3, 0.4) is 0 Å². The van der Waals surface area contributed by atoms with E-state index in [1.54, 1.807) is 0 Å². The quantitative estimate of drug-likeness (QED) is 0.322. The SMILES string of the molecule is C#CCCCC[n+]1ccc(/C=C/c2ccc(N(C)C)cc2)c2ccccc21. The van der Waals surface area contributed by atoms with Crippen LogP contribution in [0.15, 0.2) is 60.8 Å². The highest BCUT2D eigenvalue weighted by atomic mass is 15.1. The van der Waals surface area contributed by atoms with Gasteiger partial charge in [0.25, 0.3) is 0 Å². The summed E-state index contributed by atoms with van der Waals surface area (Å²) >= 11 is 0. The first-order valence-electron chi connectivity index (χ1n) is 9.49. The number of hydrogen-bond donors (Lipinski definition) is 0. The first-order chi connectivity index (χ1) is 13.2. The highest BCUT2D eigenvalue weighted by Gasteiger charge is 2.10. The zero-order valence-corrected chi connectivity index (χ0v) is 16.2. The van der Waals surface area contributed by atoms with E-state index in [1.807, 2.05) is 0 Å². The Kier molecular flexibility index (Phi) is 6.28. The van der Waals surface area contributed by atoms with Gasteiger partial charge in [0, 0.05) is 44.8 Å². The molecule has 3 rings (SSSR count). The molecule has 0 aliphatic carbocycles. The van der Waals surface area contributed by atoms with Gasteiger partial charge < -0.3 is 4.90 Å². The average molecular weight is 356 g/mol. The minimum Gasteiger partial charge on any atom is -0.378 e. The average Bonchev–Trinajstić information content (AvgIpc) is 2.70. The summed E-state index contributed by atoms with van der Waals surface area (Å²) in [5.74, 6) is 2.72. The van der Waals surface area contributed by atoms with E-state index in [0.717, 1.165) is 25.8 Å². The van der Waals surface area contributed by atoms with Crippen molar-refractivity contribution in [1.82, 2.24) is 0 Å². The molecule has 2 heteroatoms. The Labute approximate surface area is 162 Å². The molecule has 0 atom stereocenters. The monoisotopic (exact) mass is 355 g/mol. The summed E-state index contributed by atoms with van der Waals surface area (Å²) < 4.78 is 2.33. The highest BCUT2D eigenvalue weighted by molar-refractivity contribution is 5.88. The topological polar surface area (TPSA) is 7.12 Å². The third-order valence-corrected chi connectivity index (χ3v) is 4.79. The fourth-order valence-corrected chi connectivity index (χ4v) is 3.23. The summed E-state index contributed by atoms with van der Waals surface area (Å²) in [5, 5.41) is 1.28. The van der Waals surface area contributed by atoms with Gasteiger partial charge in [0.1, 0.15) is 6.54 Å². The Balaban J connectivity index is 1.83. The summed E-state index contributed by atoms with van der Waals surface area (Å²) in [6, 6.07) is 19.4. The standard InChI is InChI=1S/C25H27N2/c1-4-5-6-9-19-27-20-18-22(24-10-7-8-11-25(24)27)15-12-21-13-16-23(17-14-21)26(2)3/h1,7-8,10-18,20H,5-6,9,19H2,2-3H3/q+1. The minimum absolute atomic E-state index is 0.853. The molecular formula is C25H27N2+. The summed E-state index contributed by atoms with van der Waals surface area (Å²) in [7, 11) is 4.12. The van der Waals surface area contributed by atoms with E-state index in [9.17, 15) is 0 Å². The zero-order valence-electron chi connectivity index (χ0n) is 16.2. The zero-order chi connectivity index (χ0) is 19.1. The second-order valence-corrected chi connectivity index (χ2v) is 6.96. The molecule has 0 N–H and O–H groups in total. The molecule has 0 aliphatic heterocycles. The van der Waals surface area contributed by atoms with Gasteiger partial charge >= 0.3 is 0 Å². The molecule has 0 saturated carbocycles. The summed E-state index contributed by atoms with van der Waals surface area (Å²) in [6.07, 6.45) is 15.0. The van der Waals surface area contributed by atoms with Crippen LogP contribution in [-0.2, 0) is 6.54 Å². The van der Waals surface area contributed by atoms with Crippen LogP contribution in [0.1, 0.15) is 30.4 Å². The first-order valence-corrected chi connectivity index (χ1v) is 9.49. The van der Waals surface area contributed by atoms with Gasteiger partial charge in [0.05, 0.1) is 5.39 Å². The Bertz CT molecular complexity index is 960. The number of terminal acetylenes is 1. The maximum atomic E-state index is 5.36. The third-order valence-electron chi connectivity index (χ3n) is 4.79. The maximum absolute atomic E-state index is 5.36. The Morgan fingerprint density at radius 2 is 1.74 bits per heavy atom. The number of aromatic nitrogens is 1. The molecule has 0 aliphatic rings. The maximum Gasteiger partial charge on any atom is 0.213 e. The van der Waals surface area contributed by atoms with E-state index in [-0.39, 0.29) is 0 Å². The van der Waals surface area contributed by atoms with Gasteiger partial charge in [-0.05, 0) is 35.7 Å².